The Morgan fingerprint density at radius 2 is 1.20 bits per heavy atom. The molecule has 0 unspecified atom stereocenters. The minimum absolute atomic E-state index is 0. The summed E-state index contributed by atoms with van der Waals surface area (Å²) in [5.41, 5.74) is 3.13. The summed E-state index contributed by atoms with van der Waals surface area (Å²) >= 11 is 0. The van der Waals surface area contributed by atoms with Crippen LogP contribution in [0.25, 0.3) is 0 Å². The maximum Gasteiger partial charge on any atom is 0.309 e. The van der Waals surface area contributed by atoms with E-state index in [9.17, 15) is 4.79 Å². The highest BCUT2D eigenvalue weighted by molar-refractivity contribution is 5.93. The van der Waals surface area contributed by atoms with E-state index < -0.39 is 5.97 Å². The third kappa shape index (κ3) is 14.6. The van der Waals surface area contributed by atoms with Crippen LogP contribution in [0.2, 0.25) is 0 Å². The molecule has 0 radical (unpaired) electrons. The number of nitrogens with zero attached hydrogens (tertiary/aromatic N) is 1. The first-order valence-corrected chi connectivity index (χ1v) is 13.9. The predicted octanol–water partition coefficient (Wildman–Crippen LogP) is -0.314. The lowest BCUT2D eigenvalue weighted by Crippen LogP contribution is -3.00. The largest absolute Gasteiger partial charge is 1.00 e. The van der Waals surface area contributed by atoms with E-state index in [1.54, 1.807) is 7.11 Å². The molecule has 0 saturated carbocycles. The first-order valence-electron chi connectivity index (χ1n) is 13.9. The van der Waals surface area contributed by atoms with E-state index in [1.807, 2.05) is 18.2 Å². The van der Waals surface area contributed by atoms with Gasteiger partial charge in [0.25, 0.3) is 0 Å². The number of halogens is 1. The fourth-order valence-corrected chi connectivity index (χ4v) is 4.11. The van der Waals surface area contributed by atoms with Crippen molar-refractivity contribution in [3.8, 4) is 5.75 Å². The van der Waals surface area contributed by atoms with Gasteiger partial charge >= 0.3 is 5.97 Å². The highest BCUT2D eigenvalue weighted by Gasteiger charge is 2.43. The Bertz CT molecular complexity index is 896. The molecule has 0 aliphatic carbocycles. The first kappa shape index (κ1) is 37.6. The van der Waals surface area contributed by atoms with Gasteiger partial charge in [0, 0.05) is 25.7 Å². The van der Waals surface area contributed by atoms with E-state index in [0.29, 0.717) is 99.0 Å². The first-order chi connectivity index (χ1) is 19.4. The second kappa shape index (κ2) is 22.2. The second-order valence-corrected chi connectivity index (χ2v) is 9.70. The van der Waals surface area contributed by atoms with Crippen molar-refractivity contribution in [3.63, 3.8) is 0 Å². The zero-order chi connectivity index (χ0) is 29.1. The Hall–Kier alpha value is -1.39. The van der Waals surface area contributed by atoms with E-state index >= 15 is 0 Å². The van der Waals surface area contributed by atoms with Crippen molar-refractivity contribution >= 4 is 17.4 Å². The Labute approximate surface area is 261 Å². The van der Waals surface area contributed by atoms with Crippen LogP contribution in [0.1, 0.15) is 32.8 Å². The number of rotatable bonds is 25. The molecule has 0 bridgehead atoms. The average molecular weight is 698 g/mol. The van der Waals surface area contributed by atoms with E-state index in [4.69, 9.17) is 43.0 Å². The highest BCUT2D eigenvalue weighted by Crippen LogP contribution is 2.41. The van der Waals surface area contributed by atoms with Gasteiger partial charge in [0.2, 0.25) is 5.69 Å². The Morgan fingerprint density at radius 3 is 1.63 bits per heavy atom. The van der Waals surface area contributed by atoms with Crippen molar-refractivity contribution in [1.29, 1.82) is 0 Å². The maximum absolute atomic E-state index is 11.1. The Kier molecular flexibility index (Phi) is 20.4. The summed E-state index contributed by atoms with van der Waals surface area (Å²) in [6.07, 6.45) is 0.0956. The van der Waals surface area contributed by atoms with Crippen molar-refractivity contribution in [2.45, 2.75) is 32.6 Å². The number of carboxylic acids is 1. The monoisotopic (exact) mass is 697 g/mol. The summed E-state index contributed by atoms with van der Waals surface area (Å²) in [5.74, 6) is -0.0231. The second-order valence-electron chi connectivity index (χ2n) is 9.70. The maximum atomic E-state index is 11.1. The molecule has 0 spiro atoms. The summed E-state index contributed by atoms with van der Waals surface area (Å²) in [6, 6.07) is 5.97. The zero-order valence-corrected chi connectivity index (χ0v) is 27.1. The standard InChI is InChI=1S/C29H47NO10.HI/c1-24-29(2,3)26-23-25(5-6-27(26)30(24)8-7-28(31)32)40-22-21-39-20-19-38-18-17-37-16-15-36-14-13-35-12-11-34-10-9-33-4;/h5-6,23H,7-22H2,1-4H3;1H. The molecule has 2 rings (SSSR count). The molecular weight excluding hydrogens is 649 g/mol. The van der Waals surface area contributed by atoms with E-state index in [0.717, 1.165) is 22.7 Å². The lowest BCUT2D eigenvalue weighted by Gasteiger charge is -2.16. The van der Waals surface area contributed by atoms with Crippen molar-refractivity contribution < 1.29 is 76.3 Å². The third-order valence-corrected chi connectivity index (χ3v) is 6.58. The van der Waals surface area contributed by atoms with E-state index in [1.165, 1.54) is 0 Å². The van der Waals surface area contributed by atoms with Crippen LogP contribution in [0.15, 0.2) is 18.2 Å². The third-order valence-electron chi connectivity index (χ3n) is 6.58. The Balaban J connectivity index is 0.00000840. The fourth-order valence-electron chi connectivity index (χ4n) is 4.11. The molecule has 0 saturated heterocycles. The predicted molar refractivity (Wildman–Crippen MR) is 149 cm³/mol. The number of carbonyl (C=O) groups is 1. The van der Waals surface area contributed by atoms with Crippen LogP contribution in [0, 0.1) is 0 Å². The summed E-state index contributed by atoms with van der Waals surface area (Å²) in [5, 5.41) is 9.08. The van der Waals surface area contributed by atoms with Crippen molar-refractivity contribution in [1.82, 2.24) is 0 Å². The molecule has 41 heavy (non-hydrogen) atoms. The van der Waals surface area contributed by atoms with Crippen LogP contribution in [0.4, 0.5) is 5.69 Å². The van der Waals surface area contributed by atoms with Gasteiger partial charge in [-0.2, -0.15) is 4.58 Å². The number of carboxylic acid groups (broad SMARTS) is 1. The SMILES string of the molecule is COCCOCCOCCOCCOCCOCCOCCOc1ccc2c(c1)C(C)(C)C(C)=[N+]2CCC(=O)O.[I-]. The molecule has 1 aromatic carbocycles. The number of aliphatic carboxylic acids is 1. The molecule has 236 valence electrons. The molecule has 0 aromatic heterocycles. The summed E-state index contributed by atoms with van der Waals surface area (Å²) in [7, 11) is 1.64. The van der Waals surface area contributed by atoms with Crippen LogP contribution in [0.5, 0.6) is 5.75 Å². The molecule has 1 aliphatic heterocycles. The number of methoxy groups -OCH3 is 1. The lowest BCUT2D eigenvalue weighted by atomic mass is 9.82. The average Bonchev–Trinajstić information content (AvgIpc) is 3.12. The smallest absolute Gasteiger partial charge is 0.309 e. The summed E-state index contributed by atoms with van der Waals surface area (Å²) in [4.78, 5) is 11.1. The van der Waals surface area contributed by atoms with Gasteiger partial charge in [-0.3, -0.25) is 4.79 Å². The van der Waals surface area contributed by atoms with Crippen LogP contribution < -0.4 is 28.7 Å². The molecule has 1 aromatic rings. The van der Waals surface area contributed by atoms with Crippen LogP contribution in [-0.4, -0.2) is 128 Å². The van der Waals surface area contributed by atoms with Gasteiger partial charge in [-0.25, -0.2) is 0 Å². The minimum atomic E-state index is -0.798. The van der Waals surface area contributed by atoms with Gasteiger partial charge in [-0.1, -0.05) is 0 Å². The number of fused-ring (bicyclic) bond motifs is 1. The normalized spacial score (nSPS) is 13.8. The minimum Gasteiger partial charge on any atom is -1.00 e. The quantitative estimate of drug-likeness (QED) is 0.0830. The summed E-state index contributed by atoms with van der Waals surface area (Å²) in [6.45, 7) is 14.0. The number of hydrogen-bond acceptors (Lipinski definition) is 9. The van der Waals surface area contributed by atoms with Gasteiger partial charge < -0.3 is 67.0 Å². The number of benzene rings is 1. The van der Waals surface area contributed by atoms with Gasteiger partial charge in [-0.05, 0) is 26.0 Å². The number of ether oxygens (including phenoxy) is 8. The highest BCUT2D eigenvalue weighted by atomic mass is 127. The topological polar surface area (TPSA) is 114 Å². The molecule has 0 atom stereocenters. The molecular formula is C29H48INO10. The van der Waals surface area contributed by atoms with Crippen LogP contribution in [0.3, 0.4) is 0 Å². The van der Waals surface area contributed by atoms with Gasteiger partial charge in [-0.15, -0.1) is 0 Å². The van der Waals surface area contributed by atoms with Gasteiger partial charge in [0.1, 0.15) is 18.8 Å². The van der Waals surface area contributed by atoms with E-state index in [2.05, 4.69) is 25.3 Å². The van der Waals surface area contributed by atoms with Gasteiger partial charge in [0.15, 0.2) is 12.3 Å². The molecule has 12 heteroatoms. The summed E-state index contributed by atoms with van der Waals surface area (Å²) < 4.78 is 45.6. The van der Waals surface area contributed by atoms with Gasteiger partial charge in [0.05, 0.1) is 91.3 Å². The van der Waals surface area contributed by atoms with Crippen molar-refractivity contribution in [2.75, 3.05) is 106 Å². The van der Waals surface area contributed by atoms with E-state index in [-0.39, 0.29) is 35.8 Å². The molecule has 0 amide bonds. The van der Waals surface area contributed by atoms with Crippen LogP contribution >= 0.6 is 0 Å². The molecule has 0 fully saturated rings. The number of hydrogen-bond donors (Lipinski definition) is 1. The molecule has 1 heterocycles. The Morgan fingerprint density at radius 1 is 0.756 bits per heavy atom. The van der Waals surface area contributed by atoms with Crippen molar-refractivity contribution in [3.05, 3.63) is 23.8 Å². The van der Waals surface area contributed by atoms with Crippen LogP contribution in [-0.2, 0) is 43.4 Å². The lowest BCUT2D eigenvalue weighted by molar-refractivity contribution is -0.438. The van der Waals surface area contributed by atoms with Crippen molar-refractivity contribution in [2.24, 2.45) is 0 Å². The molecule has 1 N–H and O–H groups in total. The molecule has 1 aliphatic rings. The fraction of sp³-hybridized carbons (Fsp3) is 0.724. The zero-order valence-electron chi connectivity index (χ0n) is 25.0. The molecule has 11 nitrogen and oxygen atoms in total.